The monoisotopic (exact) mass is 218 g/mol. The molecule has 3 heterocycles. The minimum atomic E-state index is 0.583. The molecule has 2 N–H and O–H groups in total. The van der Waals surface area contributed by atoms with Crippen LogP contribution >= 0.6 is 0 Å². The molecule has 2 saturated heterocycles. The van der Waals surface area contributed by atoms with Gasteiger partial charge in [-0.1, -0.05) is 0 Å². The highest BCUT2D eigenvalue weighted by molar-refractivity contribution is 5.49. The quantitative estimate of drug-likeness (QED) is 0.796. The van der Waals surface area contributed by atoms with Gasteiger partial charge in [0, 0.05) is 26.2 Å². The number of hydrogen-bond acceptors (Lipinski definition) is 4. The normalized spacial score (nSPS) is 20.9. The summed E-state index contributed by atoms with van der Waals surface area (Å²) in [5, 5.41) is 6.70. The summed E-state index contributed by atoms with van der Waals surface area (Å²) < 4.78 is 0. The summed E-state index contributed by atoms with van der Waals surface area (Å²) in [7, 11) is 0. The average Bonchev–Trinajstić information content (AvgIpc) is 2.78. The van der Waals surface area contributed by atoms with Crippen LogP contribution in [-0.4, -0.2) is 37.2 Å². The first-order valence-corrected chi connectivity index (χ1v) is 6.10. The van der Waals surface area contributed by atoms with Crippen molar-refractivity contribution in [2.75, 3.05) is 36.4 Å². The molecule has 0 atom stereocenters. The van der Waals surface area contributed by atoms with E-state index in [9.17, 15) is 0 Å². The number of pyridine rings is 1. The highest BCUT2D eigenvalue weighted by Gasteiger charge is 2.16. The summed E-state index contributed by atoms with van der Waals surface area (Å²) >= 11 is 0. The van der Waals surface area contributed by atoms with Crippen LogP contribution in [0.15, 0.2) is 18.3 Å². The molecule has 16 heavy (non-hydrogen) atoms. The highest BCUT2D eigenvalue weighted by Crippen LogP contribution is 2.19. The lowest BCUT2D eigenvalue weighted by Gasteiger charge is -2.29. The van der Waals surface area contributed by atoms with Crippen molar-refractivity contribution in [1.29, 1.82) is 0 Å². The molecule has 0 unspecified atom stereocenters. The maximum atomic E-state index is 4.52. The Morgan fingerprint density at radius 1 is 1.25 bits per heavy atom. The first kappa shape index (κ1) is 9.90. The second-order valence-corrected chi connectivity index (χ2v) is 4.60. The van der Waals surface area contributed by atoms with Crippen molar-refractivity contribution in [1.82, 2.24) is 10.3 Å². The lowest BCUT2D eigenvalue weighted by Crippen LogP contribution is -2.51. The van der Waals surface area contributed by atoms with Gasteiger partial charge in [-0.15, -0.1) is 0 Å². The van der Waals surface area contributed by atoms with Crippen molar-refractivity contribution in [3.05, 3.63) is 18.3 Å². The van der Waals surface area contributed by atoms with Gasteiger partial charge in [0.25, 0.3) is 0 Å². The second kappa shape index (κ2) is 4.29. The van der Waals surface area contributed by atoms with Gasteiger partial charge in [-0.25, -0.2) is 4.98 Å². The molecule has 2 aliphatic heterocycles. The molecule has 1 aromatic heterocycles. The van der Waals surface area contributed by atoms with E-state index < -0.39 is 0 Å². The maximum absolute atomic E-state index is 4.52. The molecular formula is C12H18N4. The molecular weight excluding hydrogens is 200 g/mol. The third-order valence-electron chi connectivity index (χ3n) is 3.33. The molecule has 0 spiro atoms. The van der Waals surface area contributed by atoms with Crippen LogP contribution in [0.5, 0.6) is 0 Å². The number of hydrogen-bond donors (Lipinski definition) is 2. The van der Waals surface area contributed by atoms with Crippen LogP contribution in [0, 0.1) is 0 Å². The van der Waals surface area contributed by atoms with E-state index in [0.29, 0.717) is 6.04 Å². The Balaban J connectivity index is 1.64. The molecule has 0 aromatic carbocycles. The molecule has 0 radical (unpaired) electrons. The third-order valence-corrected chi connectivity index (χ3v) is 3.33. The van der Waals surface area contributed by atoms with Crippen molar-refractivity contribution in [2.45, 2.75) is 18.9 Å². The molecule has 0 bridgehead atoms. The fourth-order valence-corrected chi connectivity index (χ4v) is 2.23. The molecule has 2 aliphatic rings. The van der Waals surface area contributed by atoms with Crippen LogP contribution < -0.4 is 15.5 Å². The van der Waals surface area contributed by atoms with E-state index >= 15 is 0 Å². The average molecular weight is 218 g/mol. The SMILES string of the molecule is c1cc(N2CCCC2)ncc1NC1CNC1. The number of anilines is 2. The van der Waals surface area contributed by atoms with Crippen LogP contribution in [-0.2, 0) is 0 Å². The minimum absolute atomic E-state index is 0.583. The summed E-state index contributed by atoms with van der Waals surface area (Å²) in [6, 6.07) is 4.85. The standard InChI is InChI=1S/C12H18N4/c1-2-6-16(5-1)12-4-3-10(9-14-12)15-11-7-13-8-11/h3-4,9,11,13,15H,1-2,5-8H2. The van der Waals surface area contributed by atoms with Crippen LogP contribution in [0.3, 0.4) is 0 Å². The Morgan fingerprint density at radius 3 is 2.62 bits per heavy atom. The molecule has 3 rings (SSSR count). The summed E-state index contributed by atoms with van der Waals surface area (Å²) in [6.07, 6.45) is 4.55. The molecule has 2 fully saturated rings. The summed E-state index contributed by atoms with van der Waals surface area (Å²) in [5.41, 5.74) is 1.13. The lowest BCUT2D eigenvalue weighted by atomic mass is 10.2. The van der Waals surface area contributed by atoms with E-state index in [2.05, 4.69) is 32.7 Å². The maximum Gasteiger partial charge on any atom is 0.128 e. The van der Waals surface area contributed by atoms with Gasteiger partial charge >= 0.3 is 0 Å². The second-order valence-electron chi connectivity index (χ2n) is 4.60. The van der Waals surface area contributed by atoms with E-state index in [1.54, 1.807) is 0 Å². The first-order valence-electron chi connectivity index (χ1n) is 6.10. The lowest BCUT2D eigenvalue weighted by molar-refractivity contribution is 0.472. The van der Waals surface area contributed by atoms with Crippen LogP contribution in [0.1, 0.15) is 12.8 Å². The van der Waals surface area contributed by atoms with Crippen molar-refractivity contribution in [3.63, 3.8) is 0 Å². The minimum Gasteiger partial charge on any atom is -0.378 e. The van der Waals surface area contributed by atoms with E-state index in [-0.39, 0.29) is 0 Å². The molecule has 0 saturated carbocycles. The van der Waals surface area contributed by atoms with Crippen LogP contribution in [0.25, 0.3) is 0 Å². The van der Waals surface area contributed by atoms with Gasteiger partial charge in [0.2, 0.25) is 0 Å². The van der Waals surface area contributed by atoms with Gasteiger partial charge in [0.1, 0.15) is 5.82 Å². The van der Waals surface area contributed by atoms with Crippen molar-refractivity contribution >= 4 is 11.5 Å². The molecule has 0 aliphatic carbocycles. The molecule has 86 valence electrons. The fraction of sp³-hybridized carbons (Fsp3) is 0.583. The number of aromatic nitrogens is 1. The number of nitrogens with one attached hydrogen (secondary N) is 2. The Hall–Kier alpha value is -1.29. The van der Waals surface area contributed by atoms with Gasteiger partial charge < -0.3 is 15.5 Å². The Kier molecular flexibility index (Phi) is 2.66. The van der Waals surface area contributed by atoms with Gasteiger partial charge in [-0.2, -0.15) is 0 Å². The molecule has 1 aromatic rings. The molecule has 4 nitrogen and oxygen atoms in total. The third kappa shape index (κ3) is 1.97. The van der Waals surface area contributed by atoms with Gasteiger partial charge in [0.05, 0.1) is 17.9 Å². The van der Waals surface area contributed by atoms with E-state index in [0.717, 1.165) is 37.7 Å². The Bertz CT molecular complexity index is 339. The fourth-order valence-electron chi connectivity index (χ4n) is 2.23. The van der Waals surface area contributed by atoms with Gasteiger partial charge in [-0.05, 0) is 25.0 Å². The largest absolute Gasteiger partial charge is 0.378 e. The Labute approximate surface area is 96.1 Å². The zero-order valence-corrected chi connectivity index (χ0v) is 9.45. The van der Waals surface area contributed by atoms with Gasteiger partial charge in [-0.3, -0.25) is 0 Å². The van der Waals surface area contributed by atoms with E-state index in [4.69, 9.17) is 0 Å². The Morgan fingerprint density at radius 2 is 2.06 bits per heavy atom. The van der Waals surface area contributed by atoms with Crippen LogP contribution in [0.4, 0.5) is 11.5 Å². The topological polar surface area (TPSA) is 40.2 Å². The zero-order valence-electron chi connectivity index (χ0n) is 9.45. The van der Waals surface area contributed by atoms with Crippen LogP contribution in [0.2, 0.25) is 0 Å². The summed E-state index contributed by atoms with van der Waals surface area (Å²) in [6.45, 7) is 4.44. The summed E-state index contributed by atoms with van der Waals surface area (Å²) in [5.74, 6) is 1.12. The molecule has 4 heteroatoms. The number of nitrogens with zero attached hydrogens (tertiary/aromatic N) is 2. The summed E-state index contributed by atoms with van der Waals surface area (Å²) in [4.78, 5) is 6.87. The van der Waals surface area contributed by atoms with Crippen molar-refractivity contribution < 1.29 is 0 Å². The predicted molar refractivity (Wildman–Crippen MR) is 66.0 cm³/mol. The van der Waals surface area contributed by atoms with Crippen molar-refractivity contribution in [2.24, 2.45) is 0 Å². The van der Waals surface area contributed by atoms with Crippen molar-refractivity contribution in [3.8, 4) is 0 Å². The first-order chi connectivity index (χ1) is 7.92. The number of rotatable bonds is 3. The zero-order chi connectivity index (χ0) is 10.8. The predicted octanol–water partition coefficient (Wildman–Crippen LogP) is 1.07. The molecule has 0 amide bonds. The highest BCUT2D eigenvalue weighted by atomic mass is 15.2. The smallest absolute Gasteiger partial charge is 0.128 e. The van der Waals surface area contributed by atoms with Gasteiger partial charge in [0.15, 0.2) is 0 Å². The van der Waals surface area contributed by atoms with E-state index in [1.807, 2.05) is 6.20 Å². The van der Waals surface area contributed by atoms with E-state index in [1.165, 1.54) is 12.8 Å².